The fourth-order valence-electron chi connectivity index (χ4n) is 4.17. The number of hydrogen-bond acceptors (Lipinski definition) is 8. The van der Waals surface area contributed by atoms with Crippen LogP contribution in [0, 0.1) is 0 Å². The highest BCUT2D eigenvalue weighted by molar-refractivity contribution is 7.91. The van der Waals surface area contributed by atoms with Crippen LogP contribution in [0.3, 0.4) is 0 Å². The Kier molecular flexibility index (Phi) is 6.84. The minimum absolute atomic E-state index is 0.109. The van der Waals surface area contributed by atoms with Gasteiger partial charge in [0.15, 0.2) is 15.6 Å². The Morgan fingerprint density at radius 1 is 1.12 bits per heavy atom. The molecule has 2 aliphatic heterocycles. The van der Waals surface area contributed by atoms with Crippen molar-refractivity contribution in [2.24, 2.45) is 0 Å². The smallest absolute Gasteiger partial charge is 0.410 e. The highest BCUT2D eigenvalue weighted by Crippen LogP contribution is 2.37. The van der Waals surface area contributed by atoms with Crippen molar-refractivity contribution < 1.29 is 27.7 Å². The first-order chi connectivity index (χ1) is 15.9. The molecule has 2 aliphatic rings. The van der Waals surface area contributed by atoms with Gasteiger partial charge in [0.05, 0.1) is 10.6 Å². The van der Waals surface area contributed by atoms with Gasteiger partial charge >= 0.3 is 6.09 Å². The molecule has 1 amide bonds. The lowest BCUT2D eigenvalue weighted by Gasteiger charge is -2.40. The number of likely N-dealkylation sites (tertiary alicyclic amines) is 1. The number of amides is 1. The Morgan fingerprint density at radius 2 is 1.76 bits per heavy atom. The number of hydrogen-bond donors (Lipinski definition) is 0. The third-order valence-corrected chi connectivity index (χ3v) is 7.79. The third kappa shape index (κ3) is 5.48. The van der Waals surface area contributed by atoms with Crippen molar-refractivity contribution in [3.8, 4) is 0 Å². The van der Waals surface area contributed by atoms with Gasteiger partial charge in [-0.1, -0.05) is 23.7 Å². The molecule has 4 rings (SSSR count). The van der Waals surface area contributed by atoms with E-state index in [0.717, 1.165) is 10.8 Å². The highest BCUT2D eigenvalue weighted by atomic mass is 35.5. The second-order valence-electron chi connectivity index (χ2n) is 9.60. The SMILES string of the molecule is CN1ON(CCS(=O)(=O)c2ccc3cc(Cl)ccc3c2)C2(CCN(C(=O)OC(C)(C)C)CC2)O1. The Labute approximate surface area is 204 Å². The summed E-state index contributed by atoms with van der Waals surface area (Å²) in [4.78, 5) is 25.9. The summed E-state index contributed by atoms with van der Waals surface area (Å²) in [6, 6.07) is 10.3. The van der Waals surface area contributed by atoms with Crippen molar-refractivity contribution in [2.45, 2.75) is 49.8 Å². The number of piperidine rings is 1. The van der Waals surface area contributed by atoms with Crippen molar-refractivity contribution in [1.82, 2.24) is 15.2 Å². The molecule has 0 aliphatic carbocycles. The van der Waals surface area contributed by atoms with Gasteiger partial charge in [0, 0.05) is 44.5 Å². The van der Waals surface area contributed by atoms with Crippen molar-refractivity contribution in [1.29, 1.82) is 0 Å². The van der Waals surface area contributed by atoms with Crippen LogP contribution in [0.5, 0.6) is 0 Å². The van der Waals surface area contributed by atoms with Crippen molar-refractivity contribution in [2.75, 3.05) is 32.4 Å². The van der Waals surface area contributed by atoms with Crippen LogP contribution in [0.1, 0.15) is 33.6 Å². The molecule has 0 N–H and O–H groups in total. The van der Waals surface area contributed by atoms with E-state index in [1.165, 1.54) is 5.23 Å². The summed E-state index contributed by atoms with van der Waals surface area (Å²) in [6.45, 7) is 6.40. The van der Waals surface area contributed by atoms with Crippen LogP contribution in [-0.4, -0.2) is 73.5 Å². The summed E-state index contributed by atoms with van der Waals surface area (Å²) in [6.07, 6.45) is 0.530. The van der Waals surface area contributed by atoms with E-state index in [1.54, 1.807) is 53.4 Å². The van der Waals surface area contributed by atoms with Gasteiger partial charge in [-0.25, -0.2) is 18.0 Å². The van der Waals surface area contributed by atoms with E-state index in [9.17, 15) is 13.2 Å². The summed E-state index contributed by atoms with van der Waals surface area (Å²) < 4.78 is 31.6. The Bertz CT molecular complexity index is 1170. The molecular formula is C23H30ClN3O6S. The molecule has 2 aromatic rings. The second-order valence-corrected chi connectivity index (χ2v) is 12.1. The van der Waals surface area contributed by atoms with Crippen LogP contribution in [0.4, 0.5) is 4.79 Å². The Morgan fingerprint density at radius 3 is 2.44 bits per heavy atom. The van der Waals surface area contributed by atoms with Crippen molar-refractivity contribution in [3.63, 3.8) is 0 Å². The summed E-state index contributed by atoms with van der Waals surface area (Å²) in [5, 5.41) is 5.08. The van der Waals surface area contributed by atoms with Gasteiger partial charge in [0.1, 0.15) is 5.60 Å². The Balaban J connectivity index is 1.43. The van der Waals surface area contributed by atoms with Crippen molar-refractivity contribution >= 4 is 38.3 Å². The number of nitrogens with zero attached hydrogens (tertiary/aromatic N) is 3. The number of ether oxygens (including phenoxy) is 1. The molecule has 0 radical (unpaired) electrons. The van der Waals surface area contributed by atoms with Crippen LogP contribution < -0.4 is 0 Å². The summed E-state index contributed by atoms with van der Waals surface area (Å²) in [7, 11) is -1.96. The van der Waals surface area contributed by atoms with Gasteiger partial charge in [-0.05, 0) is 61.0 Å². The molecule has 2 saturated heterocycles. The summed E-state index contributed by atoms with van der Waals surface area (Å²) in [5.41, 5.74) is -1.42. The van der Waals surface area contributed by atoms with Crippen LogP contribution in [0.25, 0.3) is 10.8 Å². The quantitative estimate of drug-likeness (QED) is 0.608. The largest absolute Gasteiger partial charge is 0.444 e. The van der Waals surface area contributed by atoms with E-state index < -0.39 is 21.2 Å². The fourth-order valence-corrected chi connectivity index (χ4v) is 5.58. The van der Waals surface area contributed by atoms with Gasteiger partial charge in [-0.15, -0.1) is 5.06 Å². The summed E-state index contributed by atoms with van der Waals surface area (Å²) >= 11 is 6.03. The number of carbonyl (C=O) groups excluding carboxylic acids is 1. The fraction of sp³-hybridized carbons (Fsp3) is 0.522. The van der Waals surface area contributed by atoms with E-state index in [0.29, 0.717) is 31.0 Å². The molecule has 34 heavy (non-hydrogen) atoms. The zero-order valence-electron chi connectivity index (χ0n) is 19.8. The molecule has 0 saturated carbocycles. The van der Waals surface area contributed by atoms with E-state index in [-0.39, 0.29) is 23.3 Å². The van der Waals surface area contributed by atoms with E-state index in [4.69, 9.17) is 26.1 Å². The van der Waals surface area contributed by atoms with Gasteiger partial charge in [-0.2, -0.15) is 4.94 Å². The van der Waals surface area contributed by atoms with Gasteiger partial charge in [0.25, 0.3) is 0 Å². The number of sulfone groups is 1. The van der Waals surface area contributed by atoms with E-state index >= 15 is 0 Å². The van der Waals surface area contributed by atoms with Crippen molar-refractivity contribution in [3.05, 3.63) is 41.4 Å². The number of hydroxylamine groups is 4. The predicted molar refractivity (Wildman–Crippen MR) is 127 cm³/mol. The maximum atomic E-state index is 13.1. The number of carbonyl (C=O) groups is 1. The molecule has 1 spiro atoms. The van der Waals surface area contributed by atoms with Crippen LogP contribution in [-0.2, 0) is 24.4 Å². The molecular weight excluding hydrogens is 482 g/mol. The lowest BCUT2D eigenvalue weighted by atomic mass is 10.0. The lowest BCUT2D eigenvalue weighted by Crippen LogP contribution is -2.55. The summed E-state index contributed by atoms with van der Waals surface area (Å²) in [5.74, 6) is -0.152. The molecule has 2 fully saturated rings. The number of rotatable bonds is 4. The van der Waals surface area contributed by atoms with Crippen LogP contribution in [0.15, 0.2) is 41.3 Å². The molecule has 9 nitrogen and oxygen atoms in total. The minimum Gasteiger partial charge on any atom is -0.444 e. The molecule has 0 atom stereocenters. The van der Waals surface area contributed by atoms with Crippen LogP contribution in [0.2, 0.25) is 5.02 Å². The topological polar surface area (TPSA) is 88.6 Å². The molecule has 0 unspecified atom stereocenters. The molecule has 2 heterocycles. The first kappa shape index (κ1) is 25.2. The van der Waals surface area contributed by atoms with E-state index in [2.05, 4.69) is 0 Å². The maximum absolute atomic E-state index is 13.1. The average molecular weight is 512 g/mol. The lowest BCUT2D eigenvalue weighted by molar-refractivity contribution is -0.338. The maximum Gasteiger partial charge on any atom is 0.410 e. The molecule has 2 aromatic carbocycles. The van der Waals surface area contributed by atoms with Gasteiger partial charge in [0.2, 0.25) is 0 Å². The number of halogens is 1. The second kappa shape index (κ2) is 9.25. The molecule has 186 valence electrons. The zero-order chi connectivity index (χ0) is 24.7. The molecule has 11 heteroatoms. The third-order valence-electron chi connectivity index (χ3n) is 5.86. The standard InChI is InChI=1S/C23H30ClN3O6S/c1-22(2,3)31-21(28)26-11-9-23(10-12-26)27(33-25(4)32-23)13-14-34(29,30)20-8-6-17-15-19(24)7-5-18(17)16-20/h5-8,15-16H,9-14H2,1-4H3. The predicted octanol–water partition coefficient (Wildman–Crippen LogP) is 4.02. The van der Waals surface area contributed by atoms with E-state index in [1.807, 2.05) is 20.8 Å². The molecule has 0 bridgehead atoms. The average Bonchev–Trinajstić information content (AvgIpc) is 3.05. The molecule has 0 aromatic heterocycles. The first-order valence-corrected chi connectivity index (χ1v) is 13.2. The Hall–Kier alpha value is -1.95. The normalized spacial score (nSPS) is 19.7. The minimum atomic E-state index is -3.58. The van der Waals surface area contributed by atoms with Crippen LogP contribution >= 0.6 is 11.6 Å². The highest BCUT2D eigenvalue weighted by Gasteiger charge is 2.50. The zero-order valence-corrected chi connectivity index (χ0v) is 21.4. The first-order valence-electron chi connectivity index (χ1n) is 11.2. The van der Waals surface area contributed by atoms with Gasteiger partial charge < -0.3 is 9.64 Å². The number of benzene rings is 2. The van der Waals surface area contributed by atoms with Gasteiger partial charge in [-0.3, -0.25) is 0 Å². The number of fused-ring (bicyclic) bond motifs is 1. The monoisotopic (exact) mass is 511 g/mol.